The van der Waals surface area contributed by atoms with Crippen LogP contribution in [0.1, 0.15) is 34.5 Å². The summed E-state index contributed by atoms with van der Waals surface area (Å²) in [5.41, 5.74) is 1.12. The summed E-state index contributed by atoms with van der Waals surface area (Å²) in [6, 6.07) is 9.92. The van der Waals surface area contributed by atoms with Gasteiger partial charge >= 0.3 is 0 Å². The zero-order valence-electron chi connectivity index (χ0n) is 12.6. The fourth-order valence-corrected chi connectivity index (χ4v) is 2.98. The Balaban J connectivity index is 1.95. The van der Waals surface area contributed by atoms with Gasteiger partial charge in [0.05, 0.1) is 6.20 Å². The number of rotatable bonds is 8. The molecule has 0 saturated carbocycles. The molecule has 118 valence electrons. The molecular formula is C16H21N3O2S. The van der Waals surface area contributed by atoms with Crippen molar-refractivity contribution in [2.24, 2.45) is 0 Å². The average Bonchev–Trinajstić information content (AvgIpc) is 3.01. The predicted molar refractivity (Wildman–Crippen MR) is 89.5 cm³/mol. The van der Waals surface area contributed by atoms with Crippen molar-refractivity contribution < 1.29 is 9.90 Å². The summed E-state index contributed by atoms with van der Waals surface area (Å²) in [4.78, 5) is 16.9. The molecule has 0 spiro atoms. The Kier molecular flexibility index (Phi) is 6.36. The largest absolute Gasteiger partial charge is 0.396 e. The van der Waals surface area contributed by atoms with Crippen LogP contribution >= 0.6 is 11.3 Å². The van der Waals surface area contributed by atoms with Crippen LogP contribution in [-0.2, 0) is 0 Å². The lowest BCUT2D eigenvalue weighted by atomic mass is 9.96. The second kappa shape index (κ2) is 8.51. The van der Waals surface area contributed by atoms with Crippen LogP contribution in [0.15, 0.2) is 36.5 Å². The number of aromatic nitrogens is 1. The van der Waals surface area contributed by atoms with Gasteiger partial charge in [0.2, 0.25) is 0 Å². The van der Waals surface area contributed by atoms with Crippen LogP contribution in [0, 0.1) is 0 Å². The van der Waals surface area contributed by atoms with Crippen LogP contribution in [0.25, 0.3) is 0 Å². The molecule has 0 fully saturated rings. The molecule has 22 heavy (non-hydrogen) atoms. The van der Waals surface area contributed by atoms with E-state index in [1.807, 2.05) is 37.3 Å². The summed E-state index contributed by atoms with van der Waals surface area (Å²) in [5, 5.41) is 16.0. The second-order valence-corrected chi connectivity index (χ2v) is 5.92. The van der Waals surface area contributed by atoms with Crippen molar-refractivity contribution in [2.75, 3.05) is 25.0 Å². The monoisotopic (exact) mass is 319 g/mol. The molecule has 6 heteroatoms. The summed E-state index contributed by atoms with van der Waals surface area (Å²) in [6.45, 7) is 3.36. The van der Waals surface area contributed by atoms with Gasteiger partial charge in [-0.3, -0.25) is 4.79 Å². The highest BCUT2D eigenvalue weighted by atomic mass is 32.1. The maximum absolute atomic E-state index is 12.2. The number of benzene rings is 1. The third-order valence-corrected chi connectivity index (χ3v) is 4.27. The van der Waals surface area contributed by atoms with E-state index in [2.05, 4.69) is 15.6 Å². The van der Waals surface area contributed by atoms with E-state index in [0.717, 1.165) is 17.2 Å². The Hall–Kier alpha value is -1.92. The molecule has 0 aliphatic rings. The number of hydrogen-bond donors (Lipinski definition) is 3. The molecule has 2 aromatic rings. The fraction of sp³-hybridized carbons (Fsp3) is 0.375. The standard InChI is InChI=1S/C16H21N3O2S/c1-2-17-16-19-11-14(22-16)15(21)18-10-13(8-9-20)12-6-4-3-5-7-12/h3-7,11,13,20H,2,8-10H2,1H3,(H,17,19)(H,18,21). The third kappa shape index (κ3) is 4.54. The number of hydrogen-bond acceptors (Lipinski definition) is 5. The van der Waals surface area contributed by atoms with E-state index in [9.17, 15) is 9.90 Å². The van der Waals surface area contributed by atoms with Gasteiger partial charge in [-0.25, -0.2) is 4.98 Å². The number of amides is 1. The van der Waals surface area contributed by atoms with Crippen LogP contribution in [-0.4, -0.2) is 35.7 Å². The van der Waals surface area contributed by atoms with Gasteiger partial charge in [0.1, 0.15) is 4.88 Å². The molecule has 0 saturated heterocycles. The quantitative estimate of drug-likeness (QED) is 0.699. The number of carbonyl (C=O) groups excluding carboxylic acids is 1. The van der Waals surface area contributed by atoms with E-state index in [1.165, 1.54) is 11.3 Å². The first-order valence-electron chi connectivity index (χ1n) is 7.38. The molecule has 0 aliphatic heterocycles. The molecule has 5 nitrogen and oxygen atoms in total. The van der Waals surface area contributed by atoms with Crippen molar-refractivity contribution >= 4 is 22.4 Å². The van der Waals surface area contributed by atoms with Crippen LogP contribution in [0.5, 0.6) is 0 Å². The number of carbonyl (C=O) groups is 1. The first-order chi connectivity index (χ1) is 10.7. The molecular weight excluding hydrogens is 298 g/mol. The van der Waals surface area contributed by atoms with Crippen molar-refractivity contribution in [2.45, 2.75) is 19.3 Å². The highest BCUT2D eigenvalue weighted by Crippen LogP contribution is 2.20. The van der Waals surface area contributed by atoms with Crippen LogP contribution in [0.3, 0.4) is 0 Å². The smallest absolute Gasteiger partial charge is 0.263 e. The lowest BCUT2D eigenvalue weighted by molar-refractivity contribution is 0.0953. The molecule has 0 bridgehead atoms. The van der Waals surface area contributed by atoms with Crippen LogP contribution in [0.2, 0.25) is 0 Å². The Morgan fingerprint density at radius 3 is 2.82 bits per heavy atom. The zero-order chi connectivity index (χ0) is 15.8. The van der Waals surface area contributed by atoms with E-state index in [0.29, 0.717) is 17.8 Å². The van der Waals surface area contributed by atoms with Crippen molar-refractivity contribution in [1.29, 1.82) is 0 Å². The van der Waals surface area contributed by atoms with Crippen LogP contribution < -0.4 is 10.6 Å². The molecule has 1 aromatic heterocycles. The van der Waals surface area contributed by atoms with E-state index in [4.69, 9.17) is 0 Å². The number of aliphatic hydroxyl groups is 1. The topological polar surface area (TPSA) is 74.2 Å². The number of thiazole rings is 1. The first-order valence-corrected chi connectivity index (χ1v) is 8.20. The molecule has 1 amide bonds. The Morgan fingerprint density at radius 2 is 2.14 bits per heavy atom. The number of nitrogens with zero attached hydrogens (tertiary/aromatic N) is 1. The van der Waals surface area contributed by atoms with E-state index in [1.54, 1.807) is 6.20 Å². The van der Waals surface area contributed by atoms with Gasteiger partial charge in [-0.15, -0.1) is 0 Å². The normalized spacial score (nSPS) is 11.9. The van der Waals surface area contributed by atoms with Gasteiger partial charge < -0.3 is 15.7 Å². The maximum Gasteiger partial charge on any atom is 0.263 e. The van der Waals surface area contributed by atoms with Gasteiger partial charge in [0.25, 0.3) is 5.91 Å². The highest BCUT2D eigenvalue weighted by molar-refractivity contribution is 7.17. The summed E-state index contributed by atoms with van der Waals surface area (Å²) >= 11 is 1.34. The van der Waals surface area contributed by atoms with Crippen molar-refractivity contribution in [3.05, 3.63) is 47.0 Å². The number of anilines is 1. The Labute approximate surface area is 134 Å². The highest BCUT2D eigenvalue weighted by Gasteiger charge is 2.15. The van der Waals surface area contributed by atoms with E-state index in [-0.39, 0.29) is 18.4 Å². The molecule has 3 N–H and O–H groups in total. The van der Waals surface area contributed by atoms with Crippen LogP contribution in [0.4, 0.5) is 5.13 Å². The minimum atomic E-state index is -0.125. The molecule has 1 atom stereocenters. The van der Waals surface area contributed by atoms with Crippen molar-refractivity contribution in [3.63, 3.8) is 0 Å². The van der Waals surface area contributed by atoms with Gasteiger partial charge in [-0.2, -0.15) is 0 Å². The molecule has 1 heterocycles. The van der Waals surface area contributed by atoms with Crippen molar-refractivity contribution in [1.82, 2.24) is 10.3 Å². The lowest BCUT2D eigenvalue weighted by Gasteiger charge is -2.16. The Morgan fingerprint density at radius 1 is 1.36 bits per heavy atom. The first kappa shape index (κ1) is 16.5. The van der Waals surface area contributed by atoms with E-state index >= 15 is 0 Å². The average molecular weight is 319 g/mol. The SMILES string of the molecule is CCNc1ncc(C(=O)NCC(CCO)c2ccccc2)s1. The second-order valence-electron chi connectivity index (χ2n) is 4.89. The predicted octanol–water partition coefficient (Wildman–Crippen LogP) is 2.47. The summed E-state index contributed by atoms with van der Waals surface area (Å²) < 4.78 is 0. The summed E-state index contributed by atoms with van der Waals surface area (Å²) in [5.74, 6) is -0.0168. The van der Waals surface area contributed by atoms with E-state index < -0.39 is 0 Å². The van der Waals surface area contributed by atoms with Crippen molar-refractivity contribution in [3.8, 4) is 0 Å². The number of aliphatic hydroxyl groups excluding tert-OH is 1. The van der Waals surface area contributed by atoms with Gasteiger partial charge in [-0.1, -0.05) is 41.7 Å². The Bertz CT molecular complexity index is 586. The summed E-state index contributed by atoms with van der Waals surface area (Å²) in [7, 11) is 0. The van der Waals surface area contributed by atoms with Gasteiger partial charge in [0.15, 0.2) is 5.13 Å². The molecule has 1 unspecified atom stereocenters. The maximum atomic E-state index is 12.2. The summed E-state index contributed by atoms with van der Waals surface area (Å²) in [6.07, 6.45) is 2.21. The lowest BCUT2D eigenvalue weighted by Crippen LogP contribution is -2.28. The van der Waals surface area contributed by atoms with Gasteiger partial charge in [-0.05, 0) is 18.9 Å². The molecule has 1 aromatic carbocycles. The van der Waals surface area contributed by atoms with Gasteiger partial charge in [0, 0.05) is 25.6 Å². The molecule has 2 rings (SSSR count). The molecule has 0 aliphatic carbocycles. The fourth-order valence-electron chi connectivity index (χ4n) is 2.18. The molecule has 0 radical (unpaired) electrons. The minimum Gasteiger partial charge on any atom is -0.396 e. The number of nitrogens with one attached hydrogen (secondary N) is 2. The zero-order valence-corrected chi connectivity index (χ0v) is 13.4. The minimum absolute atomic E-state index is 0.0978. The third-order valence-electron chi connectivity index (χ3n) is 3.32.